The molecule has 6 N–H and O–H groups in total. The lowest BCUT2D eigenvalue weighted by atomic mass is 9.83. The van der Waals surface area contributed by atoms with E-state index in [-0.39, 0.29) is 28.1 Å². The average molecular weight is 881 g/mol. The Morgan fingerprint density at radius 2 is 0.361 bits per heavy atom. The minimum absolute atomic E-state index is 0. The van der Waals surface area contributed by atoms with Crippen molar-refractivity contribution in [1.82, 2.24) is 0 Å². The minimum atomic E-state index is -0.520. The molecular formula is C57H127FO3. The lowest BCUT2D eigenvalue weighted by Crippen LogP contribution is -2.22. The molecule has 7 fully saturated rings. The van der Waals surface area contributed by atoms with Crippen molar-refractivity contribution >= 4 is 0 Å². The van der Waals surface area contributed by atoms with Gasteiger partial charge in [-0.15, -0.1) is 0 Å². The van der Waals surface area contributed by atoms with E-state index in [0.29, 0.717) is 11.8 Å². The first kappa shape index (κ1) is 67.4. The number of hydrogen-bond acceptors (Lipinski definition) is 0. The van der Waals surface area contributed by atoms with Crippen LogP contribution in [-0.4, -0.2) is 22.6 Å². The molecule has 0 aliphatic heterocycles. The summed E-state index contributed by atoms with van der Waals surface area (Å²) < 4.78 is 12.8. The highest BCUT2D eigenvalue weighted by molar-refractivity contribution is 4.75. The van der Waals surface area contributed by atoms with Crippen LogP contribution in [0.1, 0.15) is 282 Å². The second kappa shape index (κ2) is 40.1. The molecule has 3 nitrogen and oxygen atoms in total. The maximum atomic E-state index is 12.8. The van der Waals surface area contributed by atoms with Crippen LogP contribution in [0.2, 0.25) is 0 Å². The Hall–Kier alpha value is -0.190. The molecule has 7 aliphatic carbocycles. The van der Waals surface area contributed by atoms with Crippen LogP contribution in [0.3, 0.4) is 0 Å². The third kappa shape index (κ3) is 37.7. The van der Waals surface area contributed by atoms with Crippen molar-refractivity contribution in [3.05, 3.63) is 0 Å². The van der Waals surface area contributed by atoms with Crippen LogP contribution in [0.15, 0.2) is 0 Å². The van der Waals surface area contributed by atoms with Crippen molar-refractivity contribution < 1.29 is 25.1 Å². The van der Waals surface area contributed by atoms with Crippen molar-refractivity contribution in [1.29, 1.82) is 0 Å². The van der Waals surface area contributed by atoms with Gasteiger partial charge in [0.15, 0.2) is 0 Å². The van der Waals surface area contributed by atoms with Gasteiger partial charge in [-0.2, -0.15) is 0 Å². The van der Waals surface area contributed by atoms with Crippen LogP contribution < -0.4 is 0 Å². The molecule has 61 heavy (non-hydrogen) atoms. The third-order valence-corrected chi connectivity index (χ3v) is 16.2. The van der Waals surface area contributed by atoms with Crippen molar-refractivity contribution in [2.45, 2.75) is 284 Å². The molecule has 0 saturated heterocycles. The normalized spacial score (nSPS) is 37.9. The Balaban J connectivity index is -0.000000116. The zero-order valence-electron chi connectivity index (χ0n) is 43.6. The minimum Gasteiger partial charge on any atom is -0.412 e. The van der Waals surface area contributed by atoms with Crippen LogP contribution in [0.5, 0.6) is 0 Å². The smallest absolute Gasteiger partial charge is 0.103 e. The van der Waals surface area contributed by atoms with Gasteiger partial charge in [0.1, 0.15) is 6.17 Å². The highest BCUT2D eigenvalue weighted by Crippen LogP contribution is 2.32. The molecule has 4 heteroatoms. The summed E-state index contributed by atoms with van der Waals surface area (Å²) in [5.41, 5.74) is 0. The summed E-state index contributed by atoms with van der Waals surface area (Å²) in [6.45, 7) is 32.6. The lowest BCUT2D eigenvalue weighted by Gasteiger charge is -2.26. The van der Waals surface area contributed by atoms with E-state index in [4.69, 9.17) is 0 Å². The van der Waals surface area contributed by atoms with Gasteiger partial charge in [0.25, 0.3) is 0 Å². The standard InChI is InChI=1S/C8H15F.6C8H16.CH4.3H2O.3H2/c1-6-3-4-7(2)8(9)5-6;6*1-7-3-5-8(2)6-4-7;;;;;;;/h6-8H,3-5H2,1-2H3;6*7-8H,3-6H2,1-2H3;1H4;3*1H2;3*1H/i;;;;;;;;;;;1+1;;. The molecule has 7 saturated carbocycles. The van der Waals surface area contributed by atoms with Crippen molar-refractivity contribution in [2.75, 3.05) is 0 Å². The fraction of sp³-hybridized carbons (Fsp3) is 1.00. The summed E-state index contributed by atoms with van der Waals surface area (Å²) in [5, 5.41) is 0. The predicted molar refractivity (Wildman–Crippen MR) is 282 cm³/mol. The molecule has 3 unspecified atom stereocenters. The van der Waals surface area contributed by atoms with E-state index in [2.05, 4.69) is 90.0 Å². The van der Waals surface area contributed by atoms with Gasteiger partial charge in [0, 0.05) is 4.28 Å². The second-order valence-corrected chi connectivity index (χ2v) is 23.6. The highest BCUT2D eigenvalue weighted by atomic mass is 19.1. The average Bonchev–Trinajstić information content (AvgIpc) is 3.19. The van der Waals surface area contributed by atoms with E-state index in [1.54, 1.807) is 0 Å². The Bertz CT molecular complexity index is 667. The van der Waals surface area contributed by atoms with Crippen LogP contribution in [0.25, 0.3) is 0 Å². The molecule has 0 aromatic rings. The topological polar surface area (TPSA) is 94.5 Å². The molecule has 0 radical (unpaired) electrons. The maximum absolute atomic E-state index is 12.8. The first-order chi connectivity index (χ1) is 26.9. The van der Waals surface area contributed by atoms with Crippen molar-refractivity contribution in [3.8, 4) is 0 Å². The summed E-state index contributed by atoms with van der Waals surface area (Å²) in [6.07, 6.45) is 37.9. The third-order valence-electron chi connectivity index (χ3n) is 16.2. The van der Waals surface area contributed by atoms with Crippen molar-refractivity contribution in [2.24, 2.45) is 82.9 Å². The van der Waals surface area contributed by atoms with Gasteiger partial charge in [-0.05, 0) is 95.7 Å². The van der Waals surface area contributed by atoms with Crippen LogP contribution >= 0.6 is 0 Å². The molecule has 7 aliphatic rings. The van der Waals surface area contributed by atoms with Gasteiger partial charge in [-0.3, -0.25) is 0 Å². The van der Waals surface area contributed by atoms with E-state index in [9.17, 15) is 4.39 Å². The first-order valence-corrected chi connectivity index (χ1v) is 26.6. The van der Waals surface area contributed by atoms with E-state index in [0.717, 1.165) is 83.9 Å². The quantitative estimate of drug-likeness (QED) is 0.232. The van der Waals surface area contributed by atoms with Gasteiger partial charge in [-0.25, -0.2) is 4.39 Å². The molecule has 0 aromatic carbocycles. The highest BCUT2D eigenvalue weighted by Gasteiger charge is 2.24. The number of halogens is 1. The molecule has 0 amide bonds. The van der Waals surface area contributed by atoms with Crippen LogP contribution in [0.4, 0.5) is 4.39 Å². The Kier molecular flexibility index (Phi) is 44.3. The summed E-state index contributed by atoms with van der Waals surface area (Å²) in [6, 6.07) is 0. The number of alkyl halides is 1. The lowest BCUT2D eigenvalue weighted by molar-refractivity contribution is 0.145. The largest absolute Gasteiger partial charge is 0.412 e. The molecular weight excluding hydrogens is 752 g/mol. The van der Waals surface area contributed by atoms with Crippen molar-refractivity contribution in [3.63, 3.8) is 0 Å². The first-order valence-electron chi connectivity index (χ1n) is 26.6. The SMILES string of the molecule is C.CC1CCC(C)C(F)C1.CC1CCC(C)CC1.CC1CCC(C)CC1.CC1CCC(C)CC1.CC1CCC(C)CC1.CC1CCC(C)CC1.CC1CCC(C)CC1.O.O.O.[2HH].[HH].[HH]. The fourth-order valence-electron chi connectivity index (χ4n) is 10.0. The summed E-state index contributed by atoms with van der Waals surface area (Å²) >= 11 is 0. The van der Waals surface area contributed by atoms with Gasteiger partial charge in [-0.1, -0.05) is 265 Å². The summed E-state index contributed by atoms with van der Waals surface area (Å²) in [4.78, 5) is 0. The molecule has 0 bridgehead atoms. The van der Waals surface area contributed by atoms with Gasteiger partial charge < -0.3 is 16.4 Å². The zero-order chi connectivity index (χ0) is 42.8. The number of hydrogen-bond donors (Lipinski definition) is 0. The van der Waals surface area contributed by atoms with E-state index in [1.165, 1.54) is 161 Å². The van der Waals surface area contributed by atoms with E-state index >= 15 is 0 Å². The summed E-state index contributed by atoms with van der Waals surface area (Å²) in [7, 11) is 0. The second-order valence-electron chi connectivity index (χ2n) is 23.6. The summed E-state index contributed by atoms with van der Waals surface area (Å²) in [5.74, 6) is 13.2. The Labute approximate surface area is 390 Å². The van der Waals surface area contributed by atoms with E-state index < -0.39 is 6.17 Å². The molecule has 7 rings (SSSR count). The van der Waals surface area contributed by atoms with Gasteiger partial charge >= 0.3 is 0 Å². The maximum Gasteiger partial charge on any atom is 0.103 e. The van der Waals surface area contributed by atoms with Crippen LogP contribution in [-0.2, 0) is 0 Å². The Morgan fingerprint density at radius 1 is 0.246 bits per heavy atom. The molecule has 0 aromatic heterocycles. The van der Waals surface area contributed by atoms with E-state index in [1.807, 2.05) is 6.92 Å². The van der Waals surface area contributed by atoms with Gasteiger partial charge in [0.05, 0.1) is 0 Å². The number of rotatable bonds is 0. The zero-order valence-corrected chi connectivity index (χ0v) is 43.6. The fourth-order valence-corrected chi connectivity index (χ4v) is 10.0. The molecule has 0 spiro atoms. The molecule has 0 heterocycles. The van der Waals surface area contributed by atoms with Crippen LogP contribution in [0, 0.1) is 82.9 Å². The Morgan fingerprint density at radius 3 is 0.459 bits per heavy atom. The molecule has 3 atom stereocenters. The predicted octanol–water partition coefficient (Wildman–Crippen LogP) is 18.7. The van der Waals surface area contributed by atoms with Gasteiger partial charge in [0.2, 0.25) is 0 Å². The monoisotopic (exact) mass is 880 g/mol. The molecule has 380 valence electrons.